The van der Waals surface area contributed by atoms with Gasteiger partial charge in [0.15, 0.2) is 0 Å². The minimum Gasteiger partial charge on any atom is -0.496 e. The number of ether oxygens (including phenoxy) is 2. The Morgan fingerprint density at radius 2 is 2.38 bits per heavy atom. The first-order valence-electron chi connectivity index (χ1n) is 6.72. The third kappa shape index (κ3) is 4.00. The normalized spacial score (nSPS) is 19.3. The smallest absolute Gasteiger partial charge is 0.255 e. The molecule has 1 atom stereocenters. The molecule has 2 rings (SSSR count). The number of anilines is 1. The van der Waals surface area contributed by atoms with Crippen molar-refractivity contribution < 1.29 is 14.3 Å². The summed E-state index contributed by atoms with van der Waals surface area (Å²) in [4.78, 5) is 14.4. The zero-order chi connectivity index (χ0) is 15.4. The second kappa shape index (κ2) is 6.98. The molecule has 0 bridgehead atoms. The van der Waals surface area contributed by atoms with Crippen LogP contribution in [0.15, 0.2) is 12.1 Å². The van der Waals surface area contributed by atoms with Crippen molar-refractivity contribution in [2.24, 2.45) is 0 Å². The van der Waals surface area contributed by atoms with Gasteiger partial charge in [-0.25, -0.2) is 0 Å². The fourth-order valence-corrected chi connectivity index (χ4v) is 2.37. The molecule has 1 aliphatic heterocycles. The van der Waals surface area contributed by atoms with Gasteiger partial charge in [-0.05, 0) is 13.1 Å². The van der Waals surface area contributed by atoms with Crippen molar-refractivity contribution >= 4 is 23.2 Å². The van der Waals surface area contributed by atoms with Gasteiger partial charge in [0.2, 0.25) is 0 Å². The van der Waals surface area contributed by atoms with Crippen LogP contribution in [-0.4, -0.2) is 57.3 Å². The molecule has 1 amide bonds. The van der Waals surface area contributed by atoms with Crippen LogP contribution in [-0.2, 0) is 4.74 Å². The highest BCUT2D eigenvalue weighted by Crippen LogP contribution is 2.28. The maximum atomic E-state index is 12.3. The number of nitrogen functional groups attached to an aromatic ring is 1. The van der Waals surface area contributed by atoms with Gasteiger partial charge in [-0.2, -0.15) is 0 Å². The maximum Gasteiger partial charge on any atom is 0.255 e. The maximum absolute atomic E-state index is 12.3. The zero-order valence-electron chi connectivity index (χ0n) is 12.2. The second-order valence-corrected chi connectivity index (χ2v) is 5.45. The van der Waals surface area contributed by atoms with Crippen molar-refractivity contribution in [1.29, 1.82) is 0 Å². The van der Waals surface area contributed by atoms with E-state index in [-0.39, 0.29) is 12.0 Å². The average Bonchev–Trinajstić information content (AvgIpc) is 2.47. The van der Waals surface area contributed by atoms with Crippen LogP contribution < -0.4 is 15.8 Å². The summed E-state index contributed by atoms with van der Waals surface area (Å²) in [5.41, 5.74) is 6.44. The molecule has 1 aromatic rings. The van der Waals surface area contributed by atoms with Gasteiger partial charge >= 0.3 is 0 Å². The summed E-state index contributed by atoms with van der Waals surface area (Å²) in [6.07, 6.45) is -0.0112. The van der Waals surface area contributed by atoms with Crippen molar-refractivity contribution in [1.82, 2.24) is 10.2 Å². The predicted octanol–water partition coefficient (Wildman–Crippen LogP) is 0.991. The van der Waals surface area contributed by atoms with Crippen LogP contribution in [0.4, 0.5) is 5.69 Å². The van der Waals surface area contributed by atoms with E-state index in [9.17, 15) is 4.79 Å². The van der Waals surface area contributed by atoms with Crippen LogP contribution in [0.1, 0.15) is 10.4 Å². The largest absolute Gasteiger partial charge is 0.496 e. The molecule has 6 nitrogen and oxygen atoms in total. The number of carbonyl (C=O) groups excluding carboxylic acids is 1. The van der Waals surface area contributed by atoms with Gasteiger partial charge in [0.05, 0.1) is 36.1 Å². The standard InChI is InChI=1S/C14H20ClN3O3/c1-18-3-4-21-9(8-18)7-17-14(19)10-5-11(15)12(16)6-13(10)20-2/h5-6,9H,3-4,7-8,16H2,1-2H3,(H,17,19)/t9-/m0/s1. The van der Waals surface area contributed by atoms with E-state index in [4.69, 9.17) is 26.8 Å². The van der Waals surface area contributed by atoms with Crippen LogP contribution in [0.2, 0.25) is 5.02 Å². The molecule has 1 aromatic carbocycles. The van der Waals surface area contributed by atoms with Crippen LogP contribution >= 0.6 is 11.6 Å². The van der Waals surface area contributed by atoms with Crippen LogP contribution in [0.25, 0.3) is 0 Å². The number of carbonyl (C=O) groups is 1. The Morgan fingerprint density at radius 1 is 1.62 bits per heavy atom. The molecule has 0 saturated carbocycles. The van der Waals surface area contributed by atoms with Crippen LogP contribution in [0.3, 0.4) is 0 Å². The number of rotatable bonds is 4. The number of benzene rings is 1. The van der Waals surface area contributed by atoms with Crippen molar-refractivity contribution in [3.05, 3.63) is 22.7 Å². The van der Waals surface area contributed by atoms with Gasteiger partial charge in [-0.1, -0.05) is 11.6 Å². The molecular formula is C14H20ClN3O3. The highest BCUT2D eigenvalue weighted by Gasteiger charge is 2.20. The fraction of sp³-hybridized carbons (Fsp3) is 0.500. The number of likely N-dealkylation sites (N-methyl/N-ethyl adjacent to an activating group) is 1. The average molecular weight is 314 g/mol. The molecule has 0 radical (unpaired) electrons. The van der Waals surface area contributed by atoms with Gasteiger partial charge in [0.25, 0.3) is 5.91 Å². The van der Waals surface area contributed by atoms with Gasteiger partial charge in [-0.15, -0.1) is 0 Å². The number of nitrogens with zero attached hydrogens (tertiary/aromatic N) is 1. The zero-order valence-corrected chi connectivity index (χ0v) is 12.9. The van der Waals surface area contributed by atoms with Crippen molar-refractivity contribution in [2.75, 3.05) is 46.1 Å². The Balaban J connectivity index is 2.01. The minimum atomic E-state index is -0.259. The molecule has 7 heteroatoms. The summed E-state index contributed by atoms with van der Waals surface area (Å²) in [7, 11) is 3.51. The topological polar surface area (TPSA) is 76.8 Å². The van der Waals surface area contributed by atoms with Gasteiger partial charge in [0, 0.05) is 25.7 Å². The molecule has 1 heterocycles. The molecule has 3 N–H and O–H groups in total. The molecule has 0 spiro atoms. The highest BCUT2D eigenvalue weighted by atomic mass is 35.5. The van der Waals surface area contributed by atoms with E-state index >= 15 is 0 Å². The monoisotopic (exact) mass is 313 g/mol. The predicted molar refractivity (Wildman–Crippen MR) is 82.0 cm³/mol. The Labute approximate surface area is 129 Å². The summed E-state index contributed by atoms with van der Waals surface area (Å²) in [6, 6.07) is 3.06. The van der Waals surface area contributed by atoms with E-state index in [0.29, 0.717) is 35.2 Å². The van der Waals surface area contributed by atoms with Crippen molar-refractivity contribution in [3.63, 3.8) is 0 Å². The molecule has 21 heavy (non-hydrogen) atoms. The number of hydrogen-bond donors (Lipinski definition) is 2. The lowest BCUT2D eigenvalue weighted by molar-refractivity contribution is -0.0175. The quantitative estimate of drug-likeness (QED) is 0.811. The van der Waals surface area contributed by atoms with E-state index < -0.39 is 0 Å². The Kier molecular flexibility index (Phi) is 5.27. The number of morpholine rings is 1. The van der Waals surface area contributed by atoms with E-state index in [1.807, 2.05) is 7.05 Å². The summed E-state index contributed by atoms with van der Waals surface area (Å²) < 4.78 is 10.8. The molecule has 1 saturated heterocycles. The van der Waals surface area contributed by atoms with E-state index in [2.05, 4.69) is 10.2 Å². The summed E-state index contributed by atoms with van der Waals surface area (Å²) in [5.74, 6) is 0.140. The van der Waals surface area contributed by atoms with Crippen molar-refractivity contribution in [2.45, 2.75) is 6.10 Å². The van der Waals surface area contributed by atoms with E-state index in [1.165, 1.54) is 13.2 Å². The van der Waals surface area contributed by atoms with Crippen LogP contribution in [0.5, 0.6) is 5.75 Å². The van der Waals surface area contributed by atoms with E-state index in [1.54, 1.807) is 6.07 Å². The number of nitrogens with one attached hydrogen (secondary N) is 1. The highest BCUT2D eigenvalue weighted by molar-refractivity contribution is 6.33. The number of hydrogen-bond acceptors (Lipinski definition) is 5. The van der Waals surface area contributed by atoms with Gasteiger partial charge < -0.3 is 25.4 Å². The summed E-state index contributed by atoms with van der Waals surface area (Å²) >= 11 is 5.96. The molecule has 0 unspecified atom stereocenters. The number of nitrogens with two attached hydrogens (primary N) is 1. The van der Waals surface area contributed by atoms with Gasteiger partial charge in [-0.3, -0.25) is 4.79 Å². The molecule has 1 fully saturated rings. The summed E-state index contributed by atoms with van der Waals surface area (Å²) in [6.45, 7) is 2.81. The first kappa shape index (κ1) is 15.9. The second-order valence-electron chi connectivity index (χ2n) is 5.04. The fourth-order valence-electron chi connectivity index (χ4n) is 2.21. The molecular weight excluding hydrogens is 294 g/mol. The molecule has 116 valence electrons. The Hall–Kier alpha value is -1.50. The van der Waals surface area contributed by atoms with E-state index in [0.717, 1.165) is 13.1 Å². The molecule has 0 aromatic heterocycles. The third-order valence-corrected chi connectivity index (χ3v) is 3.72. The first-order chi connectivity index (χ1) is 10.0. The first-order valence-corrected chi connectivity index (χ1v) is 7.10. The molecule has 1 aliphatic rings. The Morgan fingerprint density at radius 3 is 3.05 bits per heavy atom. The van der Waals surface area contributed by atoms with Gasteiger partial charge in [0.1, 0.15) is 5.75 Å². The minimum absolute atomic E-state index is 0.0112. The molecule has 0 aliphatic carbocycles. The lowest BCUT2D eigenvalue weighted by Gasteiger charge is -2.30. The van der Waals surface area contributed by atoms with Crippen LogP contribution in [0, 0.1) is 0 Å². The lowest BCUT2D eigenvalue weighted by atomic mass is 10.1. The Bertz CT molecular complexity index is 524. The number of halogens is 1. The lowest BCUT2D eigenvalue weighted by Crippen LogP contribution is -2.45. The number of methoxy groups -OCH3 is 1. The SMILES string of the molecule is COc1cc(N)c(Cl)cc1C(=O)NC[C@H]1CN(C)CCO1. The van der Waals surface area contributed by atoms with Crippen molar-refractivity contribution in [3.8, 4) is 5.75 Å². The summed E-state index contributed by atoms with van der Waals surface area (Å²) in [5, 5.41) is 3.17. The number of amides is 1. The third-order valence-electron chi connectivity index (χ3n) is 3.40.